The second-order valence-corrected chi connectivity index (χ2v) is 7.88. The van der Waals surface area contributed by atoms with E-state index in [-0.39, 0.29) is 36.1 Å². The molecule has 11 heteroatoms. The molecule has 0 aliphatic carbocycles. The first-order chi connectivity index (χ1) is 15.9. The second-order valence-electron chi connectivity index (χ2n) is 7.88. The van der Waals surface area contributed by atoms with Gasteiger partial charge in [0.15, 0.2) is 11.5 Å². The van der Waals surface area contributed by atoms with Gasteiger partial charge in [-0.3, -0.25) is 9.59 Å². The highest BCUT2D eigenvalue weighted by molar-refractivity contribution is 6.09. The maximum Gasteiger partial charge on any atom is 0.435 e. The van der Waals surface area contributed by atoms with E-state index >= 15 is 0 Å². The Bertz CT molecular complexity index is 1310. The van der Waals surface area contributed by atoms with Crippen LogP contribution in [-0.2, 0) is 6.18 Å². The Morgan fingerprint density at radius 2 is 1.80 bits per heavy atom. The Morgan fingerprint density at radius 1 is 1.11 bits per heavy atom. The van der Waals surface area contributed by atoms with Crippen LogP contribution >= 0.6 is 0 Å². The van der Waals surface area contributed by atoms with E-state index in [0.717, 1.165) is 4.68 Å². The van der Waals surface area contributed by atoms with Gasteiger partial charge in [-0.1, -0.05) is 13.5 Å². The molecular formula is C24H25F3N6O2. The normalized spacial score (nSPS) is 10.9. The van der Waals surface area contributed by atoms with Crippen molar-refractivity contribution in [2.24, 2.45) is 0 Å². The van der Waals surface area contributed by atoms with Crippen LogP contribution in [0, 0.1) is 25.2 Å². The van der Waals surface area contributed by atoms with Crippen LogP contribution in [0.3, 0.4) is 0 Å². The van der Waals surface area contributed by atoms with Gasteiger partial charge in [0.05, 0.1) is 22.9 Å². The molecule has 2 aromatic heterocycles. The third-order valence-electron chi connectivity index (χ3n) is 4.78. The number of halogens is 3. The summed E-state index contributed by atoms with van der Waals surface area (Å²) in [6.07, 6.45) is -3.42. The van der Waals surface area contributed by atoms with Crippen LogP contribution in [0.15, 0.2) is 36.5 Å². The molecule has 0 bridgehead atoms. The summed E-state index contributed by atoms with van der Waals surface area (Å²) in [5.74, 6) is -1.42. The fourth-order valence-electron chi connectivity index (χ4n) is 3.26. The van der Waals surface area contributed by atoms with Crippen LogP contribution in [0.4, 0.5) is 18.9 Å². The van der Waals surface area contributed by atoms with E-state index < -0.39 is 29.4 Å². The predicted molar refractivity (Wildman–Crippen MR) is 124 cm³/mol. The molecule has 0 aliphatic rings. The topological polar surface area (TPSA) is 113 Å². The molecule has 1 aromatic carbocycles. The molecule has 2 heterocycles. The number of pyridine rings is 1. The molecule has 2 N–H and O–H groups in total. The third-order valence-corrected chi connectivity index (χ3v) is 4.78. The van der Waals surface area contributed by atoms with E-state index in [2.05, 4.69) is 20.7 Å². The Hall–Kier alpha value is -4.20. The molecule has 0 radical (unpaired) electrons. The number of rotatable bonds is 5. The van der Waals surface area contributed by atoms with Crippen molar-refractivity contribution in [3.8, 4) is 11.9 Å². The number of aromatic nitrogens is 3. The molecule has 0 unspecified atom stereocenters. The minimum Gasteiger partial charge on any atom is -0.350 e. The van der Waals surface area contributed by atoms with Gasteiger partial charge in [-0.05, 0) is 57.0 Å². The van der Waals surface area contributed by atoms with Crippen molar-refractivity contribution in [1.82, 2.24) is 20.1 Å². The lowest BCUT2D eigenvalue weighted by Crippen LogP contribution is -2.31. The van der Waals surface area contributed by atoms with Gasteiger partial charge in [-0.15, -0.1) is 0 Å². The van der Waals surface area contributed by atoms with E-state index in [9.17, 15) is 28.0 Å². The average molecular weight is 486 g/mol. The SMILES string of the molecule is C.Cc1cccnc1-n1nc(C(F)(F)F)cc1C(=O)Nc1c(C)cc(C#N)cc1C(=O)NC(C)C. The number of hydrogen-bond donors (Lipinski definition) is 2. The number of carbonyl (C=O) groups is 2. The molecule has 0 saturated carbocycles. The zero-order valence-corrected chi connectivity index (χ0v) is 18.8. The van der Waals surface area contributed by atoms with Crippen molar-refractivity contribution in [3.05, 3.63) is 70.2 Å². The highest BCUT2D eigenvalue weighted by Gasteiger charge is 2.36. The first kappa shape index (κ1) is 27.0. The fourth-order valence-corrected chi connectivity index (χ4v) is 3.26. The lowest BCUT2D eigenvalue weighted by atomic mass is 10.0. The van der Waals surface area contributed by atoms with E-state index in [0.29, 0.717) is 17.2 Å². The Labute approximate surface area is 200 Å². The van der Waals surface area contributed by atoms with Crippen molar-refractivity contribution < 1.29 is 22.8 Å². The quantitative estimate of drug-likeness (QED) is 0.538. The maximum absolute atomic E-state index is 13.4. The third kappa shape index (κ3) is 5.84. The molecule has 0 fully saturated rings. The Kier molecular flexibility index (Phi) is 8.02. The summed E-state index contributed by atoms with van der Waals surface area (Å²) in [5.41, 5.74) is -0.531. The van der Waals surface area contributed by atoms with E-state index in [1.54, 1.807) is 39.8 Å². The van der Waals surface area contributed by atoms with Crippen LogP contribution in [0.2, 0.25) is 0 Å². The lowest BCUT2D eigenvalue weighted by molar-refractivity contribution is -0.141. The Morgan fingerprint density at radius 3 is 2.37 bits per heavy atom. The summed E-state index contributed by atoms with van der Waals surface area (Å²) in [6, 6.07) is 8.33. The molecule has 0 spiro atoms. The van der Waals surface area contributed by atoms with Crippen LogP contribution in [0.1, 0.15) is 64.5 Å². The van der Waals surface area contributed by atoms with Gasteiger partial charge in [-0.25, -0.2) is 9.67 Å². The molecule has 3 aromatic rings. The molecule has 8 nitrogen and oxygen atoms in total. The smallest absolute Gasteiger partial charge is 0.350 e. The average Bonchev–Trinajstić information content (AvgIpc) is 3.20. The molecule has 0 atom stereocenters. The van der Waals surface area contributed by atoms with E-state index in [1.165, 1.54) is 18.3 Å². The summed E-state index contributed by atoms with van der Waals surface area (Å²) in [6.45, 7) is 6.68. The van der Waals surface area contributed by atoms with Gasteiger partial charge in [-0.2, -0.15) is 23.5 Å². The van der Waals surface area contributed by atoms with Crippen molar-refractivity contribution in [3.63, 3.8) is 0 Å². The summed E-state index contributed by atoms with van der Waals surface area (Å²) in [5, 5.41) is 18.1. The number of carbonyl (C=O) groups excluding carboxylic acids is 2. The van der Waals surface area contributed by atoms with Gasteiger partial charge in [0.2, 0.25) is 0 Å². The number of alkyl halides is 3. The number of benzene rings is 1. The van der Waals surface area contributed by atoms with Crippen LogP contribution in [-0.4, -0.2) is 32.6 Å². The molecule has 3 rings (SSSR count). The molecule has 2 amide bonds. The fraction of sp³-hybridized carbons (Fsp3) is 0.292. The first-order valence-electron chi connectivity index (χ1n) is 10.2. The first-order valence-corrected chi connectivity index (χ1v) is 10.2. The monoisotopic (exact) mass is 486 g/mol. The van der Waals surface area contributed by atoms with Crippen molar-refractivity contribution in [1.29, 1.82) is 5.26 Å². The zero-order valence-electron chi connectivity index (χ0n) is 18.8. The van der Waals surface area contributed by atoms with Crippen molar-refractivity contribution >= 4 is 17.5 Å². The number of hydrogen-bond acceptors (Lipinski definition) is 5. The number of nitrogens with one attached hydrogen (secondary N) is 2. The van der Waals surface area contributed by atoms with E-state index in [1.807, 2.05) is 6.07 Å². The maximum atomic E-state index is 13.4. The molecule has 184 valence electrons. The van der Waals surface area contributed by atoms with Crippen molar-refractivity contribution in [2.45, 2.75) is 47.3 Å². The highest BCUT2D eigenvalue weighted by Crippen LogP contribution is 2.31. The largest absolute Gasteiger partial charge is 0.435 e. The molecule has 35 heavy (non-hydrogen) atoms. The summed E-state index contributed by atoms with van der Waals surface area (Å²) < 4.78 is 41.1. The summed E-state index contributed by atoms with van der Waals surface area (Å²) in [7, 11) is 0. The van der Waals surface area contributed by atoms with Gasteiger partial charge in [0.25, 0.3) is 11.8 Å². The predicted octanol–water partition coefficient (Wildman–Crippen LogP) is 4.80. The number of aryl methyl sites for hydroxylation is 2. The molecule has 0 saturated heterocycles. The van der Waals surface area contributed by atoms with Gasteiger partial charge in [0.1, 0.15) is 5.69 Å². The highest BCUT2D eigenvalue weighted by atomic mass is 19.4. The van der Waals surface area contributed by atoms with Crippen LogP contribution in [0.5, 0.6) is 0 Å². The standard InChI is InChI=1S/C23H21F3N6O2.CH4/c1-12(2)29-21(33)16-9-15(11-27)8-14(4)19(16)30-22(34)17-10-18(23(24,25)26)31-32(17)20-13(3)6-5-7-28-20;/h5-10,12H,1-4H3,(H,29,33)(H,30,34);1H4. The van der Waals surface area contributed by atoms with Gasteiger partial charge in [0, 0.05) is 18.3 Å². The van der Waals surface area contributed by atoms with Gasteiger partial charge < -0.3 is 10.6 Å². The number of nitrogens with zero attached hydrogens (tertiary/aromatic N) is 4. The Balaban J connectivity index is 0.00000432. The zero-order chi connectivity index (χ0) is 25.2. The summed E-state index contributed by atoms with van der Waals surface area (Å²) in [4.78, 5) is 30.0. The minimum absolute atomic E-state index is 0. The minimum atomic E-state index is -4.80. The van der Waals surface area contributed by atoms with Crippen molar-refractivity contribution in [2.75, 3.05) is 5.32 Å². The van der Waals surface area contributed by atoms with Gasteiger partial charge >= 0.3 is 6.18 Å². The lowest BCUT2D eigenvalue weighted by Gasteiger charge is -2.16. The van der Waals surface area contributed by atoms with Crippen LogP contribution in [0.25, 0.3) is 5.82 Å². The second kappa shape index (κ2) is 10.4. The summed E-state index contributed by atoms with van der Waals surface area (Å²) >= 11 is 0. The van der Waals surface area contributed by atoms with E-state index in [4.69, 9.17) is 0 Å². The molecule has 0 aliphatic heterocycles. The number of anilines is 1. The van der Waals surface area contributed by atoms with Crippen LogP contribution < -0.4 is 10.6 Å². The number of amides is 2. The number of nitriles is 1. The molecular weight excluding hydrogens is 461 g/mol.